The summed E-state index contributed by atoms with van der Waals surface area (Å²) in [5.41, 5.74) is 3.38. The fraction of sp³-hybridized carbons (Fsp3) is 0.250. The number of ether oxygens (including phenoxy) is 2. The quantitative estimate of drug-likeness (QED) is 0.719. The lowest BCUT2D eigenvalue weighted by Gasteiger charge is -2.07. The lowest BCUT2D eigenvalue weighted by Crippen LogP contribution is -2.23. The van der Waals surface area contributed by atoms with Crippen LogP contribution >= 0.6 is 0 Å². The SMILES string of the molecule is COc1ccc(-c2noc(CNC(=O)c3ccc(C)cc3C)n2)cc1OC. The van der Waals surface area contributed by atoms with Gasteiger partial charge in [0.25, 0.3) is 5.91 Å². The van der Waals surface area contributed by atoms with E-state index in [1.807, 2.05) is 38.1 Å². The van der Waals surface area contributed by atoms with E-state index in [0.29, 0.717) is 28.8 Å². The predicted octanol–water partition coefficient (Wildman–Crippen LogP) is 3.30. The topological polar surface area (TPSA) is 86.5 Å². The van der Waals surface area contributed by atoms with E-state index in [1.165, 1.54) is 0 Å². The number of rotatable bonds is 6. The summed E-state index contributed by atoms with van der Waals surface area (Å²) in [4.78, 5) is 16.7. The Hall–Kier alpha value is -3.35. The highest BCUT2D eigenvalue weighted by Gasteiger charge is 2.14. The summed E-state index contributed by atoms with van der Waals surface area (Å²) in [5.74, 6) is 1.73. The van der Waals surface area contributed by atoms with Gasteiger partial charge in [-0.3, -0.25) is 4.79 Å². The molecule has 1 N–H and O–H groups in total. The van der Waals surface area contributed by atoms with Crippen LogP contribution in [0, 0.1) is 13.8 Å². The number of aryl methyl sites for hydroxylation is 2. The summed E-state index contributed by atoms with van der Waals surface area (Å²) in [6.07, 6.45) is 0. The number of carbonyl (C=O) groups is 1. The van der Waals surface area contributed by atoms with Gasteiger partial charge in [-0.25, -0.2) is 0 Å². The normalized spacial score (nSPS) is 10.5. The van der Waals surface area contributed by atoms with Gasteiger partial charge in [-0.05, 0) is 43.7 Å². The minimum Gasteiger partial charge on any atom is -0.493 e. The van der Waals surface area contributed by atoms with Crippen molar-refractivity contribution in [2.45, 2.75) is 20.4 Å². The fourth-order valence-corrected chi connectivity index (χ4v) is 2.74. The van der Waals surface area contributed by atoms with E-state index in [-0.39, 0.29) is 12.5 Å². The number of methoxy groups -OCH3 is 2. The average Bonchev–Trinajstić information content (AvgIpc) is 3.14. The second kappa shape index (κ2) is 7.90. The Kier molecular flexibility index (Phi) is 5.40. The van der Waals surface area contributed by atoms with Crippen LogP contribution in [-0.2, 0) is 6.54 Å². The minimum absolute atomic E-state index is 0.145. The molecule has 0 radical (unpaired) electrons. The molecule has 27 heavy (non-hydrogen) atoms. The monoisotopic (exact) mass is 367 g/mol. The van der Waals surface area contributed by atoms with Gasteiger partial charge in [0.2, 0.25) is 11.7 Å². The Morgan fingerprint density at radius 1 is 1.07 bits per heavy atom. The first-order valence-electron chi connectivity index (χ1n) is 8.42. The highest BCUT2D eigenvalue weighted by molar-refractivity contribution is 5.95. The second-order valence-corrected chi connectivity index (χ2v) is 6.08. The summed E-state index contributed by atoms with van der Waals surface area (Å²) >= 11 is 0. The third-order valence-corrected chi connectivity index (χ3v) is 4.14. The number of hydrogen-bond acceptors (Lipinski definition) is 6. The number of nitrogens with one attached hydrogen (secondary N) is 1. The number of aromatic nitrogens is 2. The van der Waals surface area contributed by atoms with Gasteiger partial charge >= 0.3 is 0 Å². The molecule has 0 fully saturated rings. The number of nitrogens with zero attached hydrogens (tertiary/aromatic N) is 2. The molecular formula is C20H21N3O4. The first kappa shape index (κ1) is 18.4. The Morgan fingerprint density at radius 2 is 1.85 bits per heavy atom. The van der Waals surface area contributed by atoms with Crippen LogP contribution in [-0.4, -0.2) is 30.3 Å². The van der Waals surface area contributed by atoms with E-state index in [9.17, 15) is 4.79 Å². The standard InChI is InChI=1S/C20H21N3O4/c1-12-5-7-15(13(2)9-12)20(24)21-11-18-22-19(23-27-18)14-6-8-16(25-3)17(10-14)26-4/h5-10H,11H2,1-4H3,(H,21,24). The molecule has 1 amide bonds. The first-order chi connectivity index (χ1) is 13.0. The Balaban J connectivity index is 1.70. The zero-order valence-electron chi connectivity index (χ0n) is 15.7. The van der Waals surface area contributed by atoms with Gasteiger partial charge in [0.15, 0.2) is 11.5 Å². The van der Waals surface area contributed by atoms with Crippen LogP contribution in [0.5, 0.6) is 11.5 Å². The first-order valence-corrected chi connectivity index (χ1v) is 8.42. The number of carbonyl (C=O) groups excluding carboxylic acids is 1. The molecule has 0 spiro atoms. The van der Waals surface area contributed by atoms with Gasteiger partial charge in [0.05, 0.1) is 20.8 Å². The average molecular weight is 367 g/mol. The molecule has 3 rings (SSSR count). The molecule has 7 nitrogen and oxygen atoms in total. The summed E-state index contributed by atoms with van der Waals surface area (Å²) in [6.45, 7) is 4.04. The molecule has 0 aliphatic rings. The van der Waals surface area contributed by atoms with Crippen molar-refractivity contribution in [1.29, 1.82) is 0 Å². The molecule has 0 bridgehead atoms. The fourth-order valence-electron chi connectivity index (χ4n) is 2.74. The van der Waals surface area contributed by atoms with Crippen LogP contribution in [0.4, 0.5) is 0 Å². The lowest BCUT2D eigenvalue weighted by atomic mass is 10.1. The Morgan fingerprint density at radius 3 is 2.56 bits per heavy atom. The van der Waals surface area contributed by atoms with Crippen molar-refractivity contribution in [2.75, 3.05) is 14.2 Å². The predicted molar refractivity (Wildman–Crippen MR) is 99.9 cm³/mol. The third kappa shape index (κ3) is 4.08. The van der Waals surface area contributed by atoms with Crippen LogP contribution in [0.1, 0.15) is 27.4 Å². The van der Waals surface area contributed by atoms with Gasteiger partial charge in [-0.1, -0.05) is 22.9 Å². The van der Waals surface area contributed by atoms with Crippen molar-refractivity contribution in [3.63, 3.8) is 0 Å². The van der Waals surface area contributed by atoms with E-state index in [4.69, 9.17) is 14.0 Å². The lowest BCUT2D eigenvalue weighted by molar-refractivity contribution is 0.0945. The van der Waals surface area contributed by atoms with Crippen molar-refractivity contribution < 1.29 is 18.8 Å². The molecule has 0 unspecified atom stereocenters. The van der Waals surface area contributed by atoms with Crippen LogP contribution < -0.4 is 14.8 Å². The smallest absolute Gasteiger partial charge is 0.251 e. The maximum atomic E-state index is 12.3. The zero-order valence-corrected chi connectivity index (χ0v) is 15.7. The van der Waals surface area contributed by atoms with Crippen molar-refractivity contribution in [3.8, 4) is 22.9 Å². The van der Waals surface area contributed by atoms with Crippen molar-refractivity contribution in [3.05, 3.63) is 59.0 Å². The number of benzene rings is 2. The summed E-state index contributed by atoms with van der Waals surface area (Å²) in [6, 6.07) is 11.0. The maximum absolute atomic E-state index is 12.3. The molecule has 0 saturated heterocycles. The highest BCUT2D eigenvalue weighted by atomic mass is 16.5. The molecule has 1 aromatic heterocycles. The molecule has 1 heterocycles. The van der Waals surface area contributed by atoms with E-state index in [1.54, 1.807) is 26.4 Å². The molecule has 0 saturated carbocycles. The van der Waals surface area contributed by atoms with E-state index in [0.717, 1.165) is 16.7 Å². The van der Waals surface area contributed by atoms with Crippen molar-refractivity contribution >= 4 is 5.91 Å². The molecule has 0 aliphatic heterocycles. The van der Waals surface area contributed by atoms with Gasteiger partial charge < -0.3 is 19.3 Å². The summed E-state index contributed by atoms with van der Waals surface area (Å²) < 4.78 is 15.7. The summed E-state index contributed by atoms with van der Waals surface area (Å²) in [5, 5.41) is 6.76. The van der Waals surface area contributed by atoms with Crippen LogP contribution in [0.25, 0.3) is 11.4 Å². The van der Waals surface area contributed by atoms with Crippen LogP contribution in [0.2, 0.25) is 0 Å². The highest BCUT2D eigenvalue weighted by Crippen LogP contribution is 2.31. The van der Waals surface area contributed by atoms with Crippen LogP contribution in [0.3, 0.4) is 0 Å². The molecule has 7 heteroatoms. The minimum atomic E-state index is -0.182. The third-order valence-electron chi connectivity index (χ3n) is 4.14. The van der Waals surface area contributed by atoms with Gasteiger partial charge in [0, 0.05) is 11.1 Å². The molecule has 140 valence electrons. The summed E-state index contributed by atoms with van der Waals surface area (Å²) in [7, 11) is 3.13. The molecule has 0 aliphatic carbocycles. The number of amides is 1. The van der Waals surface area contributed by atoms with E-state index < -0.39 is 0 Å². The molecule has 3 aromatic rings. The van der Waals surface area contributed by atoms with Gasteiger partial charge in [-0.2, -0.15) is 4.98 Å². The van der Waals surface area contributed by atoms with E-state index in [2.05, 4.69) is 15.5 Å². The van der Waals surface area contributed by atoms with Crippen LogP contribution in [0.15, 0.2) is 40.9 Å². The van der Waals surface area contributed by atoms with Gasteiger partial charge in [0.1, 0.15) is 0 Å². The van der Waals surface area contributed by atoms with Crippen molar-refractivity contribution in [1.82, 2.24) is 15.5 Å². The molecule has 0 atom stereocenters. The Labute approximate surface area is 157 Å². The second-order valence-electron chi connectivity index (χ2n) is 6.08. The molecular weight excluding hydrogens is 346 g/mol. The zero-order chi connectivity index (χ0) is 19.4. The van der Waals surface area contributed by atoms with E-state index >= 15 is 0 Å². The molecule has 2 aromatic carbocycles. The largest absolute Gasteiger partial charge is 0.493 e. The van der Waals surface area contributed by atoms with Crippen molar-refractivity contribution in [2.24, 2.45) is 0 Å². The Bertz CT molecular complexity index is 966. The maximum Gasteiger partial charge on any atom is 0.251 e. The van der Waals surface area contributed by atoms with Gasteiger partial charge in [-0.15, -0.1) is 0 Å². The number of hydrogen-bond donors (Lipinski definition) is 1.